The zero-order valence-electron chi connectivity index (χ0n) is 11.8. The van der Waals surface area contributed by atoms with E-state index in [-0.39, 0.29) is 0 Å². The van der Waals surface area contributed by atoms with Crippen molar-refractivity contribution in [2.45, 2.75) is 26.4 Å². The van der Waals surface area contributed by atoms with Gasteiger partial charge in [0.2, 0.25) is 0 Å². The predicted octanol–water partition coefficient (Wildman–Crippen LogP) is 4.33. The fourth-order valence-electron chi connectivity index (χ4n) is 1.63. The maximum atomic E-state index is 12.0. The zero-order chi connectivity index (χ0) is 14.6. The zero-order valence-corrected chi connectivity index (χ0v) is 12.6. The lowest BCUT2D eigenvalue weighted by molar-refractivity contribution is 0.0528. The van der Waals surface area contributed by atoms with E-state index in [4.69, 9.17) is 4.74 Å². The van der Waals surface area contributed by atoms with Gasteiger partial charge in [0.05, 0.1) is 11.4 Å². The molecule has 106 valence electrons. The van der Waals surface area contributed by atoms with Gasteiger partial charge in [-0.25, -0.2) is 10.2 Å². The van der Waals surface area contributed by atoms with Crippen LogP contribution in [0.1, 0.15) is 20.8 Å². The van der Waals surface area contributed by atoms with Crippen molar-refractivity contribution in [3.8, 4) is 0 Å². The maximum absolute atomic E-state index is 12.0. The minimum atomic E-state index is -0.527. The number of para-hydroxylation sites is 1. The van der Waals surface area contributed by atoms with Crippen LogP contribution < -0.4 is 10.4 Å². The maximum Gasteiger partial charge on any atom is 0.426 e. The van der Waals surface area contributed by atoms with Crippen molar-refractivity contribution in [2.24, 2.45) is 0 Å². The molecule has 1 aromatic heterocycles. The number of nitrogens with one attached hydrogen (secondary N) is 1. The van der Waals surface area contributed by atoms with Crippen LogP contribution in [0.25, 0.3) is 0 Å². The number of hydrogen-bond donors (Lipinski definition) is 1. The smallest absolute Gasteiger partial charge is 0.426 e. The molecule has 2 aromatic rings. The number of hydrazine groups is 1. The van der Waals surface area contributed by atoms with E-state index < -0.39 is 11.7 Å². The Bertz CT molecular complexity index is 547. The van der Waals surface area contributed by atoms with Gasteiger partial charge in [-0.2, -0.15) is 11.3 Å². The molecule has 0 bridgehead atoms. The van der Waals surface area contributed by atoms with Gasteiger partial charge in [0.1, 0.15) is 5.60 Å². The second-order valence-corrected chi connectivity index (χ2v) is 6.05. The number of amides is 1. The molecule has 1 aromatic carbocycles. The molecule has 0 aliphatic carbocycles. The molecular formula is C15H18N2O2S. The van der Waals surface area contributed by atoms with E-state index in [0.29, 0.717) is 0 Å². The summed E-state index contributed by atoms with van der Waals surface area (Å²) in [6, 6.07) is 11.6. The van der Waals surface area contributed by atoms with Crippen LogP contribution in [-0.4, -0.2) is 11.7 Å². The summed E-state index contributed by atoms with van der Waals surface area (Å²) in [5.41, 5.74) is 4.01. The third-order valence-corrected chi connectivity index (χ3v) is 3.05. The summed E-state index contributed by atoms with van der Waals surface area (Å²) in [4.78, 5) is 12.0. The highest BCUT2D eigenvalue weighted by Gasteiger charge is 2.19. The van der Waals surface area contributed by atoms with Crippen LogP contribution in [-0.2, 0) is 4.74 Å². The molecule has 0 aliphatic heterocycles. The van der Waals surface area contributed by atoms with Gasteiger partial charge in [0.15, 0.2) is 0 Å². The topological polar surface area (TPSA) is 41.6 Å². The molecule has 1 heterocycles. The lowest BCUT2D eigenvalue weighted by Gasteiger charge is -2.26. The Labute approximate surface area is 123 Å². The number of thiophene rings is 1. The standard InChI is InChI=1S/C15H18N2O2S/c1-15(2,3)19-14(18)16-17(13-9-10-20-11-13)12-7-5-4-6-8-12/h4-11H,1-3H3,(H,16,18). The number of carbonyl (C=O) groups excluding carboxylic acids is 1. The van der Waals surface area contributed by atoms with Crippen LogP contribution in [0.15, 0.2) is 47.2 Å². The van der Waals surface area contributed by atoms with E-state index in [2.05, 4.69) is 5.43 Å². The normalized spacial score (nSPS) is 10.9. The first-order chi connectivity index (χ1) is 9.46. The quantitative estimate of drug-likeness (QED) is 0.856. The molecule has 0 unspecified atom stereocenters. The number of rotatable bonds is 3. The van der Waals surface area contributed by atoms with E-state index in [1.54, 1.807) is 16.3 Å². The monoisotopic (exact) mass is 290 g/mol. The third-order valence-electron chi connectivity index (χ3n) is 2.38. The summed E-state index contributed by atoms with van der Waals surface area (Å²) in [5, 5.41) is 5.64. The molecule has 0 aliphatic rings. The first-order valence-corrected chi connectivity index (χ1v) is 7.27. The first-order valence-electron chi connectivity index (χ1n) is 6.33. The van der Waals surface area contributed by atoms with Crippen LogP contribution in [0.5, 0.6) is 0 Å². The Hall–Kier alpha value is -2.01. The van der Waals surface area contributed by atoms with Crippen LogP contribution in [0, 0.1) is 0 Å². The predicted molar refractivity (Wildman–Crippen MR) is 82.3 cm³/mol. The highest BCUT2D eigenvalue weighted by molar-refractivity contribution is 7.08. The number of hydrogen-bond acceptors (Lipinski definition) is 4. The Morgan fingerprint density at radius 3 is 2.40 bits per heavy atom. The van der Waals surface area contributed by atoms with Crippen LogP contribution >= 0.6 is 11.3 Å². The van der Waals surface area contributed by atoms with Crippen molar-refractivity contribution >= 4 is 28.8 Å². The number of ether oxygens (including phenoxy) is 1. The van der Waals surface area contributed by atoms with Crippen molar-refractivity contribution in [2.75, 3.05) is 5.01 Å². The molecule has 0 saturated carbocycles. The Kier molecular flexibility index (Phi) is 4.29. The first kappa shape index (κ1) is 14.4. The van der Waals surface area contributed by atoms with Crippen molar-refractivity contribution < 1.29 is 9.53 Å². The van der Waals surface area contributed by atoms with Crippen LogP contribution in [0.2, 0.25) is 0 Å². The Morgan fingerprint density at radius 2 is 1.85 bits per heavy atom. The van der Waals surface area contributed by atoms with Gasteiger partial charge in [-0.15, -0.1) is 0 Å². The molecule has 1 amide bonds. The fourth-order valence-corrected chi connectivity index (χ4v) is 2.25. The summed E-state index contributed by atoms with van der Waals surface area (Å²) >= 11 is 1.57. The van der Waals surface area contributed by atoms with E-state index in [0.717, 1.165) is 11.4 Å². The molecular weight excluding hydrogens is 272 g/mol. The summed E-state index contributed by atoms with van der Waals surface area (Å²) in [5.74, 6) is 0. The van der Waals surface area contributed by atoms with Crippen molar-refractivity contribution in [1.82, 2.24) is 5.43 Å². The number of carbonyl (C=O) groups is 1. The molecule has 0 saturated heterocycles. The number of benzene rings is 1. The second kappa shape index (κ2) is 5.96. The highest BCUT2D eigenvalue weighted by Crippen LogP contribution is 2.25. The van der Waals surface area contributed by atoms with Crippen LogP contribution in [0.4, 0.5) is 16.2 Å². The van der Waals surface area contributed by atoms with E-state index in [1.807, 2.05) is 67.9 Å². The summed E-state index contributed by atoms with van der Waals surface area (Å²) < 4.78 is 5.30. The van der Waals surface area contributed by atoms with Crippen molar-refractivity contribution in [3.05, 3.63) is 47.2 Å². The number of anilines is 2. The van der Waals surface area contributed by atoms with Gasteiger partial charge in [0.25, 0.3) is 0 Å². The third kappa shape index (κ3) is 3.99. The average Bonchev–Trinajstić information content (AvgIpc) is 2.88. The largest absolute Gasteiger partial charge is 0.443 e. The van der Waals surface area contributed by atoms with Gasteiger partial charge in [0, 0.05) is 5.38 Å². The molecule has 2 rings (SSSR count). The molecule has 0 fully saturated rings. The second-order valence-electron chi connectivity index (χ2n) is 5.27. The van der Waals surface area contributed by atoms with E-state index >= 15 is 0 Å². The molecule has 0 atom stereocenters. The van der Waals surface area contributed by atoms with Crippen LogP contribution in [0.3, 0.4) is 0 Å². The average molecular weight is 290 g/mol. The van der Waals surface area contributed by atoms with Gasteiger partial charge < -0.3 is 4.74 Å². The van der Waals surface area contributed by atoms with Crippen molar-refractivity contribution in [3.63, 3.8) is 0 Å². The van der Waals surface area contributed by atoms with Gasteiger partial charge in [-0.3, -0.25) is 5.01 Å². The Morgan fingerprint density at radius 1 is 1.15 bits per heavy atom. The summed E-state index contributed by atoms with van der Waals surface area (Å²) in [7, 11) is 0. The van der Waals surface area contributed by atoms with Gasteiger partial charge >= 0.3 is 6.09 Å². The molecule has 20 heavy (non-hydrogen) atoms. The molecule has 4 nitrogen and oxygen atoms in total. The molecule has 0 radical (unpaired) electrons. The van der Waals surface area contributed by atoms with Crippen molar-refractivity contribution in [1.29, 1.82) is 0 Å². The molecule has 1 N–H and O–H groups in total. The Balaban J connectivity index is 2.19. The lowest BCUT2D eigenvalue weighted by atomic mass is 10.2. The molecule has 5 heteroatoms. The summed E-state index contributed by atoms with van der Waals surface area (Å²) in [6.45, 7) is 5.51. The minimum Gasteiger partial charge on any atom is -0.443 e. The summed E-state index contributed by atoms with van der Waals surface area (Å²) in [6.07, 6.45) is -0.479. The van der Waals surface area contributed by atoms with Gasteiger partial charge in [-0.1, -0.05) is 18.2 Å². The lowest BCUT2D eigenvalue weighted by Crippen LogP contribution is -2.42. The van der Waals surface area contributed by atoms with E-state index in [9.17, 15) is 4.79 Å². The van der Waals surface area contributed by atoms with E-state index in [1.165, 1.54) is 0 Å². The highest BCUT2D eigenvalue weighted by atomic mass is 32.1. The minimum absolute atomic E-state index is 0.479. The molecule has 0 spiro atoms. The fraction of sp³-hybridized carbons (Fsp3) is 0.267. The SMILES string of the molecule is CC(C)(C)OC(=O)NN(c1ccccc1)c1ccsc1. The number of nitrogens with zero attached hydrogens (tertiary/aromatic N) is 1. The van der Waals surface area contributed by atoms with Gasteiger partial charge in [-0.05, 0) is 44.4 Å².